The van der Waals surface area contributed by atoms with Crippen LogP contribution in [0.15, 0.2) is 78.9 Å². The molecular formula is C21H18N4O5. The van der Waals surface area contributed by atoms with Gasteiger partial charge in [-0.15, -0.1) is 0 Å². The Balaban J connectivity index is 1.55. The fraction of sp³-hybridized carbons (Fsp3) is 0.0476. The van der Waals surface area contributed by atoms with Crippen molar-refractivity contribution in [1.82, 2.24) is 0 Å². The first kappa shape index (κ1) is 20.3. The number of nitro groups is 1. The largest absolute Gasteiger partial charge is 0.477 e. The zero-order valence-corrected chi connectivity index (χ0v) is 15.7. The predicted molar refractivity (Wildman–Crippen MR) is 113 cm³/mol. The molecule has 0 bridgehead atoms. The van der Waals surface area contributed by atoms with Gasteiger partial charge < -0.3 is 20.7 Å². The Hall–Kier alpha value is -4.40. The molecule has 0 aromatic heterocycles. The van der Waals surface area contributed by atoms with E-state index >= 15 is 0 Å². The Morgan fingerprint density at radius 1 is 0.800 bits per heavy atom. The van der Waals surface area contributed by atoms with Gasteiger partial charge in [-0.3, -0.25) is 14.9 Å². The van der Waals surface area contributed by atoms with Crippen LogP contribution >= 0.6 is 0 Å². The average molecular weight is 406 g/mol. The maximum Gasteiger partial charge on any atom is 0.323 e. The Bertz CT molecular complexity index is 1060. The number of rotatable bonds is 7. The number of para-hydroxylation sites is 3. The Kier molecular flexibility index (Phi) is 6.57. The van der Waals surface area contributed by atoms with Gasteiger partial charge >= 0.3 is 11.7 Å². The highest BCUT2D eigenvalue weighted by atomic mass is 16.6. The summed E-state index contributed by atoms with van der Waals surface area (Å²) in [5.74, 6) is -0.496. The minimum absolute atomic E-state index is 0.00523. The van der Waals surface area contributed by atoms with Crippen LogP contribution in [0.3, 0.4) is 0 Å². The van der Waals surface area contributed by atoms with E-state index in [-0.39, 0.29) is 11.4 Å². The number of nitrogens with zero attached hydrogens (tertiary/aromatic N) is 1. The summed E-state index contributed by atoms with van der Waals surface area (Å²) in [6.07, 6.45) is 0. The van der Waals surface area contributed by atoms with E-state index in [9.17, 15) is 19.7 Å². The molecule has 0 aliphatic heterocycles. The molecule has 0 radical (unpaired) electrons. The SMILES string of the molecule is O=C(COc1ccccc1[N+](=O)[O-])Nc1cccc(NC(=O)Nc2ccccc2)c1. The summed E-state index contributed by atoms with van der Waals surface area (Å²) >= 11 is 0. The van der Waals surface area contributed by atoms with Crippen molar-refractivity contribution in [2.24, 2.45) is 0 Å². The highest BCUT2D eigenvalue weighted by molar-refractivity contribution is 6.00. The number of amides is 3. The molecule has 0 unspecified atom stereocenters. The highest BCUT2D eigenvalue weighted by Crippen LogP contribution is 2.25. The van der Waals surface area contributed by atoms with E-state index < -0.39 is 23.5 Å². The highest BCUT2D eigenvalue weighted by Gasteiger charge is 2.15. The number of benzene rings is 3. The van der Waals surface area contributed by atoms with Gasteiger partial charge in [-0.2, -0.15) is 0 Å². The van der Waals surface area contributed by atoms with Crippen LogP contribution in [0, 0.1) is 10.1 Å². The van der Waals surface area contributed by atoms with E-state index in [0.29, 0.717) is 17.1 Å². The number of urea groups is 1. The zero-order valence-electron chi connectivity index (χ0n) is 15.7. The fourth-order valence-corrected chi connectivity index (χ4v) is 2.56. The second kappa shape index (κ2) is 9.69. The summed E-state index contributed by atoms with van der Waals surface area (Å²) in [7, 11) is 0. The van der Waals surface area contributed by atoms with Gasteiger partial charge in [0.05, 0.1) is 4.92 Å². The third-order valence-corrected chi connectivity index (χ3v) is 3.86. The lowest BCUT2D eigenvalue weighted by Gasteiger charge is -2.10. The number of hydrogen-bond donors (Lipinski definition) is 3. The molecule has 30 heavy (non-hydrogen) atoms. The van der Waals surface area contributed by atoms with E-state index in [4.69, 9.17) is 4.74 Å². The quantitative estimate of drug-likeness (QED) is 0.400. The summed E-state index contributed by atoms with van der Waals surface area (Å²) < 4.78 is 5.26. The van der Waals surface area contributed by atoms with Gasteiger partial charge in [0.2, 0.25) is 0 Å². The number of anilines is 3. The molecule has 3 rings (SSSR count). The molecule has 0 spiro atoms. The van der Waals surface area contributed by atoms with E-state index in [0.717, 1.165) is 0 Å². The number of carbonyl (C=O) groups is 2. The Labute approximate surface area is 171 Å². The van der Waals surface area contributed by atoms with Crippen molar-refractivity contribution >= 4 is 34.7 Å². The third kappa shape index (κ3) is 5.80. The number of hydrogen-bond acceptors (Lipinski definition) is 5. The molecule has 0 atom stereocenters. The molecule has 0 aliphatic rings. The van der Waals surface area contributed by atoms with Crippen LogP contribution in [-0.4, -0.2) is 23.5 Å². The van der Waals surface area contributed by atoms with Gasteiger partial charge in [0.15, 0.2) is 12.4 Å². The lowest BCUT2D eigenvalue weighted by Crippen LogP contribution is -2.21. The minimum atomic E-state index is -0.580. The van der Waals surface area contributed by atoms with Crippen molar-refractivity contribution < 1.29 is 19.2 Å². The van der Waals surface area contributed by atoms with Crippen LogP contribution in [0.2, 0.25) is 0 Å². The van der Waals surface area contributed by atoms with Crippen molar-refractivity contribution in [3.63, 3.8) is 0 Å². The van der Waals surface area contributed by atoms with E-state index in [1.54, 1.807) is 54.6 Å². The second-order valence-electron chi connectivity index (χ2n) is 6.09. The molecule has 9 nitrogen and oxygen atoms in total. The first-order valence-electron chi connectivity index (χ1n) is 8.90. The Morgan fingerprint density at radius 3 is 2.13 bits per heavy atom. The second-order valence-corrected chi connectivity index (χ2v) is 6.09. The van der Waals surface area contributed by atoms with E-state index in [1.165, 1.54) is 18.2 Å². The number of nitro benzene ring substituents is 1. The Morgan fingerprint density at radius 2 is 1.40 bits per heavy atom. The van der Waals surface area contributed by atoms with Crippen LogP contribution in [0.1, 0.15) is 0 Å². The molecule has 3 aromatic carbocycles. The van der Waals surface area contributed by atoms with Crippen molar-refractivity contribution in [2.75, 3.05) is 22.6 Å². The first-order valence-corrected chi connectivity index (χ1v) is 8.90. The molecule has 3 amide bonds. The topological polar surface area (TPSA) is 123 Å². The van der Waals surface area contributed by atoms with Crippen LogP contribution < -0.4 is 20.7 Å². The van der Waals surface area contributed by atoms with Crippen LogP contribution in [-0.2, 0) is 4.79 Å². The maximum atomic E-state index is 12.1. The van der Waals surface area contributed by atoms with Gasteiger partial charge in [-0.05, 0) is 36.4 Å². The molecule has 0 heterocycles. The van der Waals surface area contributed by atoms with Gasteiger partial charge in [0, 0.05) is 23.1 Å². The average Bonchev–Trinajstić information content (AvgIpc) is 2.73. The number of nitrogens with one attached hydrogen (secondary N) is 3. The van der Waals surface area contributed by atoms with Crippen molar-refractivity contribution in [1.29, 1.82) is 0 Å². The molecule has 0 aliphatic carbocycles. The smallest absolute Gasteiger partial charge is 0.323 e. The maximum absolute atomic E-state index is 12.1. The van der Waals surface area contributed by atoms with Crippen LogP contribution in [0.25, 0.3) is 0 Å². The third-order valence-electron chi connectivity index (χ3n) is 3.86. The summed E-state index contributed by atoms with van der Waals surface area (Å²) in [5.41, 5.74) is 1.33. The lowest BCUT2D eigenvalue weighted by molar-refractivity contribution is -0.385. The normalized spacial score (nSPS) is 10.0. The summed E-state index contributed by atoms with van der Waals surface area (Å²) in [5, 5.41) is 19.0. The summed E-state index contributed by atoms with van der Waals surface area (Å²) in [6.45, 7) is -0.406. The van der Waals surface area contributed by atoms with Crippen molar-refractivity contribution in [3.05, 3.63) is 89.0 Å². The molecule has 0 fully saturated rings. The molecule has 3 N–H and O–H groups in total. The first-order chi connectivity index (χ1) is 14.5. The number of carbonyl (C=O) groups excluding carboxylic acids is 2. The van der Waals surface area contributed by atoms with Crippen molar-refractivity contribution in [3.8, 4) is 5.75 Å². The molecule has 0 saturated carbocycles. The number of ether oxygens (including phenoxy) is 1. The van der Waals surface area contributed by atoms with Gasteiger partial charge in [0.25, 0.3) is 5.91 Å². The van der Waals surface area contributed by atoms with E-state index in [2.05, 4.69) is 16.0 Å². The summed E-state index contributed by atoms with van der Waals surface area (Å²) in [4.78, 5) is 34.6. The molecule has 3 aromatic rings. The molecule has 9 heteroatoms. The van der Waals surface area contributed by atoms with E-state index in [1.807, 2.05) is 6.07 Å². The van der Waals surface area contributed by atoms with Crippen molar-refractivity contribution in [2.45, 2.75) is 0 Å². The van der Waals surface area contributed by atoms with Gasteiger partial charge in [-0.25, -0.2) is 4.79 Å². The van der Waals surface area contributed by atoms with Crippen LogP contribution in [0.5, 0.6) is 5.75 Å². The van der Waals surface area contributed by atoms with Crippen LogP contribution in [0.4, 0.5) is 27.5 Å². The van der Waals surface area contributed by atoms with Gasteiger partial charge in [-0.1, -0.05) is 36.4 Å². The summed E-state index contributed by atoms with van der Waals surface area (Å²) in [6, 6.07) is 20.9. The standard InChI is InChI=1S/C21H18N4O5/c26-20(14-30-19-12-5-4-11-18(19)25(28)29)22-16-9-6-10-17(13-16)24-21(27)23-15-7-2-1-3-8-15/h1-13H,14H2,(H,22,26)(H2,23,24,27). The minimum Gasteiger partial charge on any atom is -0.477 e. The fourth-order valence-electron chi connectivity index (χ4n) is 2.56. The molecule has 0 saturated heterocycles. The molecular weight excluding hydrogens is 388 g/mol. The monoisotopic (exact) mass is 406 g/mol. The van der Waals surface area contributed by atoms with Gasteiger partial charge in [0.1, 0.15) is 0 Å². The lowest BCUT2D eigenvalue weighted by atomic mass is 10.2. The predicted octanol–water partition coefficient (Wildman–Crippen LogP) is 4.26. The zero-order chi connectivity index (χ0) is 21.3. The molecule has 152 valence electrons.